The molecule has 1 amide bonds. The fourth-order valence-electron chi connectivity index (χ4n) is 2.02. The molecular formula is C15H18ClNO2. The van der Waals surface area contributed by atoms with Crippen LogP contribution in [-0.2, 0) is 4.79 Å². The molecule has 4 heteroatoms. The van der Waals surface area contributed by atoms with Crippen LogP contribution in [0.5, 0.6) is 0 Å². The van der Waals surface area contributed by atoms with Crippen molar-refractivity contribution in [2.24, 2.45) is 0 Å². The molecule has 0 saturated heterocycles. The van der Waals surface area contributed by atoms with Crippen molar-refractivity contribution in [1.82, 2.24) is 5.32 Å². The average Bonchev–Trinajstić information content (AvgIpc) is 2.36. The van der Waals surface area contributed by atoms with Crippen molar-refractivity contribution in [1.29, 1.82) is 0 Å². The van der Waals surface area contributed by atoms with Gasteiger partial charge in [0.15, 0.2) is 0 Å². The maximum atomic E-state index is 11.9. The zero-order chi connectivity index (χ0) is 13.9. The Hall–Kier alpha value is -1.32. The largest absolute Gasteiger partial charge is 0.388 e. The van der Waals surface area contributed by atoms with Crippen LogP contribution in [-0.4, -0.2) is 23.2 Å². The molecule has 1 aromatic carbocycles. The van der Waals surface area contributed by atoms with Crippen LogP contribution in [0.15, 0.2) is 29.8 Å². The maximum absolute atomic E-state index is 11.9. The van der Waals surface area contributed by atoms with Gasteiger partial charge in [-0.25, -0.2) is 0 Å². The molecule has 2 rings (SSSR count). The van der Waals surface area contributed by atoms with Crippen molar-refractivity contribution in [3.05, 3.63) is 40.4 Å². The predicted molar refractivity (Wildman–Crippen MR) is 76.9 cm³/mol. The minimum absolute atomic E-state index is 0.143. The minimum Gasteiger partial charge on any atom is -0.388 e. The van der Waals surface area contributed by atoms with Crippen LogP contribution in [0.25, 0.3) is 6.08 Å². The standard InChI is InChI=1S/C15H18ClNO2/c1-11(9-12-3-5-13(16)6-4-12)14(18)17-10-15(19)7-2-8-15/h3-6,9,19H,2,7-8,10H2,1H3,(H,17,18)/b11-9-. The lowest BCUT2D eigenvalue weighted by molar-refractivity contribution is -0.119. The van der Waals surface area contributed by atoms with Crippen LogP contribution in [0.2, 0.25) is 5.02 Å². The highest BCUT2D eigenvalue weighted by Gasteiger charge is 2.34. The molecule has 0 heterocycles. The lowest BCUT2D eigenvalue weighted by Crippen LogP contribution is -2.47. The van der Waals surface area contributed by atoms with Gasteiger partial charge in [-0.2, -0.15) is 0 Å². The maximum Gasteiger partial charge on any atom is 0.247 e. The van der Waals surface area contributed by atoms with E-state index in [-0.39, 0.29) is 5.91 Å². The van der Waals surface area contributed by atoms with E-state index in [1.54, 1.807) is 25.1 Å². The molecule has 0 aliphatic heterocycles. The van der Waals surface area contributed by atoms with Crippen LogP contribution in [0.4, 0.5) is 0 Å². The summed E-state index contributed by atoms with van der Waals surface area (Å²) < 4.78 is 0. The second-order valence-electron chi connectivity index (χ2n) is 5.14. The fraction of sp³-hybridized carbons (Fsp3) is 0.400. The molecular weight excluding hydrogens is 262 g/mol. The molecule has 1 aromatic rings. The van der Waals surface area contributed by atoms with Gasteiger partial charge < -0.3 is 10.4 Å². The van der Waals surface area contributed by atoms with Crippen molar-refractivity contribution in [2.45, 2.75) is 31.8 Å². The Balaban J connectivity index is 1.92. The van der Waals surface area contributed by atoms with Gasteiger partial charge in [-0.3, -0.25) is 4.79 Å². The van der Waals surface area contributed by atoms with Gasteiger partial charge in [-0.1, -0.05) is 23.7 Å². The average molecular weight is 280 g/mol. The molecule has 19 heavy (non-hydrogen) atoms. The molecule has 0 unspecified atom stereocenters. The Morgan fingerprint density at radius 2 is 2.05 bits per heavy atom. The van der Waals surface area contributed by atoms with Gasteiger partial charge in [0, 0.05) is 17.1 Å². The minimum atomic E-state index is -0.684. The Morgan fingerprint density at radius 3 is 2.58 bits per heavy atom. The van der Waals surface area contributed by atoms with Gasteiger partial charge in [0.1, 0.15) is 0 Å². The molecule has 0 spiro atoms. The lowest BCUT2D eigenvalue weighted by Gasteiger charge is -2.36. The summed E-state index contributed by atoms with van der Waals surface area (Å²) in [5, 5.41) is 13.4. The van der Waals surface area contributed by atoms with Gasteiger partial charge in [0.05, 0.1) is 5.60 Å². The van der Waals surface area contributed by atoms with E-state index in [0.29, 0.717) is 17.1 Å². The zero-order valence-electron chi connectivity index (χ0n) is 10.9. The summed E-state index contributed by atoms with van der Waals surface area (Å²) in [4.78, 5) is 11.9. The second-order valence-corrected chi connectivity index (χ2v) is 5.58. The van der Waals surface area contributed by atoms with E-state index in [0.717, 1.165) is 24.8 Å². The number of amides is 1. The summed E-state index contributed by atoms with van der Waals surface area (Å²) >= 11 is 5.81. The third-order valence-corrected chi connectivity index (χ3v) is 3.73. The Morgan fingerprint density at radius 1 is 1.42 bits per heavy atom. The number of rotatable bonds is 4. The summed E-state index contributed by atoms with van der Waals surface area (Å²) in [6.07, 6.45) is 4.38. The molecule has 3 nitrogen and oxygen atoms in total. The smallest absolute Gasteiger partial charge is 0.247 e. The number of carbonyl (C=O) groups is 1. The first-order chi connectivity index (χ1) is 8.98. The summed E-state index contributed by atoms with van der Waals surface area (Å²) in [7, 11) is 0. The number of benzene rings is 1. The molecule has 1 aliphatic carbocycles. The predicted octanol–water partition coefficient (Wildman–Crippen LogP) is 2.77. The third-order valence-electron chi connectivity index (χ3n) is 3.47. The molecule has 1 saturated carbocycles. The first kappa shape index (κ1) is 14.1. The van der Waals surface area contributed by atoms with Gasteiger partial charge >= 0.3 is 0 Å². The van der Waals surface area contributed by atoms with Gasteiger partial charge in [-0.15, -0.1) is 0 Å². The van der Waals surface area contributed by atoms with Crippen molar-refractivity contribution in [3.63, 3.8) is 0 Å². The Bertz CT molecular complexity index is 489. The highest BCUT2D eigenvalue weighted by molar-refractivity contribution is 6.30. The van der Waals surface area contributed by atoms with Gasteiger partial charge in [0.2, 0.25) is 5.91 Å². The first-order valence-electron chi connectivity index (χ1n) is 6.43. The summed E-state index contributed by atoms with van der Waals surface area (Å²) in [5.74, 6) is -0.143. The quantitative estimate of drug-likeness (QED) is 0.833. The topological polar surface area (TPSA) is 49.3 Å². The zero-order valence-corrected chi connectivity index (χ0v) is 11.7. The molecule has 102 valence electrons. The summed E-state index contributed by atoms with van der Waals surface area (Å²) in [5.41, 5.74) is 0.862. The van der Waals surface area contributed by atoms with Crippen LogP contribution in [0, 0.1) is 0 Å². The van der Waals surface area contributed by atoms with E-state index in [1.807, 2.05) is 12.1 Å². The number of hydrogen-bond acceptors (Lipinski definition) is 2. The Labute approximate surface area is 118 Å². The van der Waals surface area contributed by atoms with E-state index in [4.69, 9.17) is 11.6 Å². The monoisotopic (exact) mass is 279 g/mol. The lowest BCUT2D eigenvalue weighted by atomic mass is 9.80. The summed E-state index contributed by atoms with van der Waals surface area (Å²) in [6, 6.07) is 7.29. The SMILES string of the molecule is C/C(=C/c1ccc(Cl)cc1)C(=O)NCC1(O)CCC1. The van der Waals surface area contributed by atoms with Crippen LogP contribution in [0.3, 0.4) is 0 Å². The van der Waals surface area contributed by atoms with Crippen LogP contribution in [0.1, 0.15) is 31.7 Å². The molecule has 1 fully saturated rings. The molecule has 0 atom stereocenters. The van der Waals surface area contributed by atoms with Crippen molar-refractivity contribution < 1.29 is 9.90 Å². The van der Waals surface area contributed by atoms with Crippen molar-refractivity contribution >= 4 is 23.6 Å². The van der Waals surface area contributed by atoms with E-state index in [1.165, 1.54) is 0 Å². The van der Waals surface area contributed by atoms with Crippen LogP contribution >= 0.6 is 11.6 Å². The molecule has 1 aliphatic rings. The Kier molecular flexibility index (Phi) is 4.27. The van der Waals surface area contributed by atoms with Crippen LogP contribution < -0.4 is 5.32 Å². The molecule has 0 aromatic heterocycles. The first-order valence-corrected chi connectivity index (χ1v) is 6.81. The normalized spacial score (nSPS) is 17.7. The highest BCUT2D eigenvalue weighted by atomic mass is 35.5. The fourth-order valence-corrected chi connectivity index (χ4v) is 2.15. The number of carbonyl (C=O) groups excluding carboxylic acids is 1. The van der Waals surface area contributed by atoms with Gasteiger partial charge in [0.25, 0.3) is 0 Å². The number of aliphatic hydroxyl groups is 1. The van der Waals surface area contributed by atoms with E-state index < -0.39 is 5.60 Å². The van der Waals surface area contributed by atoms with Gasteiger partial charge in [-0.05, 0) is 50.0 Å². The van der Waals surface area contributed by atoms with E-state index >= 15 is 0 Å². The number of hydrogen-bond donors (Lipinski definition) is 2. The van der Waals surface area contributed by atoms with E-state index in [9.17, 15) is 9.90 Å². The third kappa shape index (κ3) is 3.82. The second kappa shape index (κ2) is 5.76. The molecule has 0 bridgehead atoms. The molecule has 0 radical (unpaired) electrons. The van der Waals surface area contributed by atoms with E-state index in [2.05, 4.69) is 5.32 Å². The highest BCUT2D eigenvalue weighted by Crippen LogP contribution is 2.30. The molecule has 2 N–H and O–H groups in total. The van der Waals surface area contributed by atoms with Crippen molar-refractivity contribution in [3.8, 4) is 0 Å². The summed E-state index contributed by atoms with van der Waals surface area (Å²) in [6.45, 7) is 2.09. The number of nitrogens with one attached hydrogen (secondary N) is 1. The number of halogens is 1. The van der Waals surface area contributed by atoms with Crippen molar-refractivity contribution in [2.75, 3.05) is 6.54 Å².